The van der Waals surface area contributed by atoms with E-state index in [-0.39, 0.29) is 5.56 Å². The number of nitrogens with zero attached hydrogens (tertiary/aromatic N) is 2. The predicted molar refractivity (Wildman–Crippen MR) is 116 cm³/mol. The fourth-order valence-corrected chi connectivity index (χ4v) is 9.24. The second-order valence-corrected chi connectivity index (χ2v) is 13.3. The molecule has 0 aromatic heterocycles. The summed E-state index contributed by atoms with van der Waals surface area (Å²) in [6.07, 6.45) is 0. The lowest BCUT2D eigenvalue weighted by Crippen LogP contribution is -2.50. The van der Waals surface area contributed by atoms with Crippen molar-refractivity contribution in [3.8, 4) is 5.75 Å². The molecule has 0 saturated heterocycles. The molecule has 150 valence electrons. The van der Waals surface area contributed by atoms with Crippen LogP contribution in [-0.4, -0.2) is 19.4 Å². The normalized spacial score (nSPS) is 12.3. The number of rotatable bonds is 8. The monoisotopic (exact) mass is 398 g/mol. The molecule has 28 heavy (non-hydrogen) atoms. The van der Waals surface area contributed by atoms with Gasteiger partial charge in [-0.15, -0.1) is 5.11 Å². The van der Waals surface area contributed by atoms with Crippen LogP contribution in [0.4, 0.5) is 11.4 Å². The predicted octanol–water partition coefficient (Wildman–Crippen LogP) is 7.35. The standard InChI is InChI=1S/C22H30N2O3Si/c1-15(2)28(16(3)4,17(5)6)27-21-13-8-7-12-20(21)24-23-19-11-9-10-18(14-19)22(25)26/h7-17H,1-6H3,(H,25,26). The Bertz CT molecular complexity index is 825. The van der Waals surface area contributed by atoms with E-state index in [1.807, 2.05) is 24.3 Å². The summed E-state index contributed by atoms with van der Waals surface area (Å²) in [4.78, 5) is 11.1. The van der Waals surface area contributed by atoms with Crippen molar-refractivity contribution < 1.29 is 14.3 Å². The van der Waals surface area contributed by atoms with E-state index in [1.54, 1.807) is 12.1 Å². The second kappa shape index (κ2) is 9.15. The first-order valence-electron chi connectivity index (χ1n) is 9.71. The Morgan fingerprint density at radius 3 is 2.07 bits per heavy atom. The van der Waals surface area contributed by atoms with Crippen LogP contribution in [0.2, 0.25) is 16.6 Å². The van der Waals surface area contributed by atoms with E-state index in [0.29, 0.717) is 28.0 Å². The molecule has 0 aliphatic carbocycles. The number of carbonyl (C=O) groups is 1. The molecule has 0 heterocycles. The number of carboxylic acid groups (broad SMARTS) is 1. The minimum atomic E-state index is -2.11. The van der Waals surface area contributed by atoms with Gasteiger partial charge in [0.2, 0.25) is 0 Å². The van der Waals surface area contributed by atoms with Crippen LogP contribution in [0.1, 0.15) is 51.9 Å². The average molecular weight is 399 g/mol. The van der Waals surface area contributed by atoms with Crippen LogP contribution in [0.5, 0.6) is 5.75 Å². The average Bonchev–Trinajstić information content (AvgIpc) is 2.64. The zero-order valence-electron chi connectivity index (χ0n) is 17.5. The van der Waals surface area contributed by atoms with Gasteiger partial charge >= 0.3 is 5.97 Å². The van der Waals surface area contributed by atoms with Crippen molar-refractivity contribution in [3.63, 3.8) is 0 Å². The first-order chi connectivity index (χ1) is 13.2. The highest BCUT2D eigenvalue weighted by Crippen LogP contribution is 2.44. The van der Waals surface area contributed by atoms with Crippen molar-refractivity contribution in [2.75, 3.05) is 0 Å². The Hall–Kier alpha value is -2.47. The molecule has 2 rings (SSSR count). The maximum absolute atomic E-state index is 11.1. The third-order valence-corrected chi connectivity index (χ3v) is 11.2. The Kier molecular flexibility index (Phi) is 7.13. The van der Waals surface area contributed by atoms with Crippen LogP contribution in [0.3, 0.4) is 0 Å². The fourth-order valence-electron chi connectivity index (χ4n) is 3.98. The van der Waals surface area contributed by atoms with E-state index in [9.17, 15) is 4.79 Å². The van der Waals surface area contributed by atoms with Gasteiger partial charge < -0.3 is 9.53 Å². The number of hydrogen-bond acceptors (Lipinski definition) is 4. The summed E-state index contributed by atoms with van der Waals surface area (Å²) in [6.45, 7) is 13.5. The zero-order valence-corrected chi connectivity index (χ0v) is 18.5. The topological polar surface area (TPSA) is 71.2 Å². The van der Waals surface area contributed by atoms with Gasteiger partial charge in [0.15, 0.2) is 0 Å². The first-order valence-corrected chi connectivity index (χ1v) is 11.9. The molecular formula is C22H30N2O3Si. The third-order valence-electron chi connectivity index (χ3n) is 5.23. The Labute approximate surface area is 168 Å². The van der Waals surface area contributed by atoms with Crippen LogP contribution >= 0.6 is 0 Å². The van der Waals surface area contributed by atoms with E-state index in [1.165, 1.54) is 12.1 Å². The molecule has 0 amide bonds. The van der Waals surface area contributed by atoms with Crippen molar-refractivity contribution in [2.45, 2.75) is 58.2 Å². The minimum Gasteiger partial charge on any atom is -0.541 e. The smallest absolute Gasteiger partial charge is 0.335 e. The second-order valence-electron chi connectivity index (χ2n) is 7.94. The van der Waals surface area contributed by atoms with Crippen LogP contribution in [0, 0.1) is 0 Å². The van der Waals surface area contributed by atoms with E-state index < -0.39 is 14.3 Å². The third kappa shape index (κ3) is 4.68. The van der Waals surface area contributed by atoms with Gasteiger partial charge in [0.25, 0.3) is 8.32 Å². The van der Waals surface area contributed by atoms with Gasteiger partial charge in [-0.2, -0.15) is 5.11 Å². The van der Waals surface area contributed by atoms with E-state index in [2.05, 4.69) is 51.8 Å². The fraction of sp³-hybridized carbons (Fsp3) is 0.409. The van der Waals surface area contributed by atoms with Crippen molar-refractivity contribution >= 4 is 25.7 Å². The summed E-state index contributed by atoms with van der Waals surface area (Å²) in [5.41, 5.74) is 2.68. The molecule has 0 saturated carbocycles. The SMILES string of the molecule is CC(C)[Si](Oc1ccccc1N=Nc1cccc(C(=O)O)c1)(C(C)C)C(C)C. The minimum absolute atomic E-state index is 0.187. The lowest BCUT2D eigenvalue weighted by molar-refractivity contribution is 0.0697. The summed E-state index contributed by atoms with van der Waals surface area (Å²) < 4.78 is 6.76. The molecule has 0 bridgehead atoms. The van der Waals surface area contributed by atoms with Gasteiger partial charge in [0.1, 0.15) is 11.4 Å². The zero-order chi connectivity index (χ0) is 20.9. The molecule has 2 aromatic rings. The molecule has 5 nitrogen and oxygen atoms in total. The summed E-state index contributed by atoms with van der Waals surface area (Å²) in [7, 11) is -2.11. The molecule has 1 N–H and O–H groups in total. The Morgan fingerprint density at radius 1 is 0.893 bits per heavy atom. The molecule has 0 fully saturated rings. The van der Waals surface area contributed by atoms with Gasteiger partial charge in [0, 0.05) is 0 Å². The first kappa shape index (κ1) is 21.8. The highest BCUT2D eigenvalue weighted by molar-refractivity contribution is 6.78. The summed E-state index contributed by atoms with van der Waals surface area (Å²) in [5.74, 6) is -0.245. The van der Waals surface area contributed by atoms with E-state index in [0.717, 1.165) is 5.75 Å². The number of hydrogen-bond donors (Lipinski definition) is 1. The lowest BCUT2D eigenvalue weighted by Gasteiger charge is -2.42. The molecule has 6 heteroatoms. The van der Waals surface area contributed by atoms with Crippen LogP contribution < -0.4 is 4.43 Å². The molecule has 0 spiro atoms. The number of para-hydroxylation sites is 1. The van der Waals surface area contributed by atoms with Gasteiger partial charge in [-0.3, -0.25) is 0 Å². The summed E-state index contributed by atoms with van der Waals surface area (Å²) in [5, 5.41) is 17.7. The van der Waals surface area contributed by atoms with Crippen LogP contribution in [0.15, 0.2) is 58.8 Å². The highest BCUT2D eigenvalue weighted by Gasteiger charge is 2.47. The molecule has 2 aromatic carbocycles. The van der Waals surface area contributed by atoms with Crippen molar-refractivity contribution in [1.29, 1.82) is 0 Å². The number of carboxylic acids is 1. The lowest BCUT2D eigenvalue weighted by atomic mass is 10.2. The van der Waals surface area contributed by atoms with Crippen molar-refractivity contribution in [1.82, 2.24) is 0 Å². The van der Waals surface area contributed by atoms with Gasteiger partial charge in [0.05, 0.1) is 11.3 Å². The number of benzene rings is 2. The molecule has 0 aliphatic rings. The number of azo groups is 1. The van der Waals surface area contributed by atoms with Gasteiger partial charge in [-0.1, -0.05) is 59.7 Å². The molecule has 0 aliphatic heterocycles. The quantitative estimate of drug-likeness (QED) is 0.373. The maximum atomic E-state index is 11.1. The molecule has 0 radical (unpaired) electrons. The maximum Gasteiger partial charge on any atom is 0.335 e. The van der Waals surface area contributed by atoms with Crippen molar-refractivity contribution in [3.05, 3.63) is 54.1 Å². The van der Waals surface area contributed by atoms with E-state index >= 15 is 0 Å². The Morgan fingerprint density at radius 2 is 1.50 bits per heavy atom. The van der Waals surface area contributed by atoms with Crippen LogP contribution in [-0.2, 0) is 0 Å². The summed E-state index contributed by atoms with van der Waals surface area (Å²) >= 11 is 0. The Balaban J connectivity index is 2.40. The van der Waals surface area contributed by atoms with Crippen LogP contribution in [0.25, 0.3) is 0 Å². The molecular weight excluding hydrogens is 368 g/mol. The van der Waals surface area contributed by atoms with Crippen molar-refractivity contribution in [2.24, 2.45) is 10.2 Å². The summed E-state index contributed by atoms with van der Waals surface area (Å²) in [6, 6.07) is 14.1. The molecule has 0 unspecified atom stereocenters. The van der Waals surface area contributed by atoms with Gasteiger partial charge in [-0.05, 0) is 47.0 Å². The van der Waals surface area contributed by atoms with Gasteiger partial charge in [-0.25, -0.2) is 4.79 Å². The largest absolute Gasteiger partial charge is 0.541 e. The van der Waals surface area contributed by atoms with E-state index in [4.69, 9.17) is 9.53 Å². The highest BCUT2D eigenvalue weighted by atomic mass is 28.4. The molecule has 0 atom stereocenters. The number of aromatic carboxylic acids is 1.